The van der Waals surface area contributed by atoms with E-state index in [9.17, 15) is 10.1 Å². The summed E-state index contributed by atoms with van der Waals surface area (Å²) in [5, 5.41) is 11.2. The molecule has 116 valence electrons. The Hall–Kier alpha value is -3.29. The molecule has 0 amide bonds. The summed E-state index contributed by atoms with van der Waals surface area (Å²) in [4.78, 5) is 28.0. The number of aromatic amines is 1. The largest absolute Gasteiger partial charge is 0.343 e. The number of anilines is 2. The topological polar surface area (TPSA) is 101 Å². The molecule has 3 rings (SSSR count). The fourth-order valence-electron chi connectivity index (χ4n) is 2.14. The Balaban J connectivity index is 2.09. The van der Waals surface area contributed by atoms with Gasteiger partial charge in [0.1, 0.15) is 6.20 Å². The van der Waals surface area contributed by atoms with E-state index >= 15 is 0 Å². The number of aryl methyl sites for hydroxylation is 1. The van der Waals surface area contributed by atoms with Gasteiger partial charge in [0.25, 0.3) is 0 Å². The minimum atomic E-state index is -0.514. The smallest absolute Gasteiger partial charge is 0.316 e. The van der Waals surface area contributed by atoms with Crippen LogP contribution in [0.25, 0.3) is 11.5 Å². The van der Waals surface area contributed by atoms with Crippen LogP contribution >= 0.6 is 0 Å². The molecular weight excluding hydrogens is 296 g/mol. The lowest BCUT2D eigenvalue weighted by Gasteiger charge is -2.17. The number of hydrogen-bond donors (Lipinski definition) is 1. The molecule has 0 saturated heterocycles. The molecule has 0 atom stereocenters. The Kier molecular flexibility index (Phi) is 3.71. The third-order valence-electron chi connectivity index (χ3n) is 3.33. The van der Waals surface area contributed by atoms with Gasteiger partial charge in [0.05, 0.1) is 10.6 Å². The molecule has 0 spiro atoms. The van der Waals surface area contributed by atoms with E-state index in [1.165, 1.54) is 6.20 Å². The van der Waals surface area contributed by atoms with Crippen LogP contribution in [-0.2, 0) is 0 Å². The zero-order valence-corrected chi connectivity index (χ0v) is 12.6. The first-order valence-electron chi connectivity index (χ1n) is 6.89. The molecule has 0 unspecified atom stereocenters. The maximum atomic E-state index is 11.2. The van der Waals surface area contributed by atoms with E-state index in [1.807, 2.05) is 30.3 Å². The zero-order chi connectivity index (χ0) is 16.4. The van der Waals surface area contributed by atoms with Crippen molar-refractivity contribution < 1.29 is 4.92 Å². The highest BCUT2D eigenvalue weighted by molar-refractivity contribution is 5.66. The molecule has 2 heterocycles. The third kappa shape index (κ3) is 2.86. The van der Waals surface area contributed by atoms with E-state index in [-0.39, 0.29) is 11.4 Å². The number of imidazole rings is 1. The van der Waals surface area contributed by atoms with Crippen LogP contribution in [0.3, 0.4) is 0 Å². The molecule has 3 aromatic rings. The van der Waals surface area contributed by atoms with Crippen LogP contribution in [0, 0.1) is 17.0 Å². The van der Waals surface area contributed by atoms with Gasteiger partial charge in [0, 0.05) is 18.9 Å². The van der Waals surface area contributed by atoms with Gasteiger partial charge in [-0.3, -0.25) is 10.1 Å². The monoisotopic (exact) mass is 310 g/mol. The van der Waals surface area contributed by atoms with Gasteiger partial charge in [-0.2, -0.15) is 0 Å². The molecule has 8 heteroatoms. The number of nitrogens with one attached hydrogen (secondary N) is 1. The van der Waals surface area contributed by atoms with Crippen molar-refractivity contribution in [1.82, 2.24) is 19.9 Å². The second-order valence-electron chi connectivity index (χ2n) is 4.95. The van der Waals surface area contributed by atoms with Gasteiger partial charge in [0.15, 0.2) is 11.5 Å². The first-order valence-corrected chi connectivity index (χ1v) is 6.89. The predicted molar refractivity (Wildman–Crippen MR) is 85.5 cm³/mol. The maximum absolute atomic E-state index is 11.2. The van der Waals surface area contributed by atoms with Crippen molar-refractivity contribution in [2.45, 2.75) is 6.92 Å². The number of nitro groups is 1. The average molecular weight is 310 g/mol. The summed E-state index contributed by atoms with van der Waals surface area (Å²) in [7, 11) is 1.80. The highest BCUT2D eigenvalue weighted by Gasteiger charge is 2.22. The molecular formula is C15H14N6O2. The fraction of sp³-hybridized carbons (Fsp3) is 0.133. The van der Waals surface area contributed by atoms with E-state index in [0.29, 0.717) is 11.8 Å². The number of benzene rings is 1. The second-order valence-corrected chi connectivity index (χ2v) is 4.95. The van der Waals surface area contributed by atoms with Crippen LogP contribution in [0.4, 0.5) is 17.3 Å². The number of rotatable bonds is 4. The maximum Gasteiger partial charge on any atom is 0.316 e. The van der Waals surface area contributed by atoms with Gasteiger partial charge in [-0.15, -0.1) is 0 Å². The summed E-state index contributed by atoms with van der Waals surface area (Å²) >= 11 is 0. The zero-order valence-electron chi connectivity index (χ0n) is 12.6. The summed E-state index contributed by atoms with van der Waals surface area (Å²) in [5.41, 5.74) is 1.58. The Morgan fingerprint density at radius 3 is 2.57 bits per heavy atom. The molecule has 1 aromatic carbocycles. The van der Waals surface area contributed by atoms with Crippen LogP contribution in [0.2, 0.25) is 0 Å². The van der Waals surface area contributed by atoms with Crippen LogP contribution in [-0.4, -0.2) is 31.9 Å². The van der Waals surface area contributed by atoms with Crippen LogP contribution in [0.15, 0.2) is 42.7 Å². The lowest BCUT2D eigenvalue weighted by molar-refractivity contribution is -0.384. The van der Waals surface area contributed by atoms with E-state index in [1.54, 1.807) is 25.1 Å². The fourth-order valence-corrected chi connectivity index (χ4v) is 2.14. The SMILES string of the molecule is Cc1c[nH]c(-c2nc(N(C)c3ccccc3)ncc2[N+](=O)[O-])n1. The van der Waals surface area contributed by atoms with Crippen molar-refractivity contribution in [3.8, 4) is 11.5 Å². The number of aromatic nitrogens is 4. The van der Waals surface area contributed by atoms with E-state index < -0.39 is 4.92 Å². The van der Waals surface area contributed by atoms with Gasteiger partial charge >= 0.3 is 5.69 Å². The van der Waals surface area contributed by atoms with Crippen molar-refractivity contribution in [3.05, 3.63) is 58.5 Å². The molecule has 23 heavy (non-hydrogen) atoms. The van der Waals surface area contributed by atoms with Gasteiger partial charge in [-0.25, -0.2) is 15.0 Å². The Morgan fingerprint density at radius 2 is 1.96 bits per heavy atom. The molecule has 0 aliphatic heterocycles. The summed E-state index contributed by atoms with van der Waals surface area (Å²) in [5.74, 6) is 0.699. The number of para-hydroxylation sites is 1. The lowest BCUT2D eigenvalue weighted by Crippen LogP contribution is -2.14. The Morgan fingerprint density at radius 1 is 1.22 bits per heavy atom. The van der Waals surface area contributed by atoms with Gasteiger partial charge < -0.3 is 9.88 Å². The van der Waals surface area contributed by atoms with E-state index in [4.69, 9.17) is 0 Å². The summed E-state index contributed by atoms with van der Waals surface area (Å²) < 4.78 is 0. The highest BCUT2D eigenvalue weighted by atomic mass is 16.6. The second kappa shape index (κ2) is 5.84. The molecule has 0 saturated carbocycles. The van der Waals surface area contributed by atoms with Gasteiger partial charge in [0.2, 0.25) is 5.95 Å². The van der Waals surface area contributed by atoms with Gasteiger partial charge in [-0.1, -0.05) is 18.2 Å². The summed E-state index contributed by atoms with van der Waals surface area (Å²) in [6.45, 7) is 1.80. The van der Waals surface area contributed by atoms with Crippen molar-refractivity contribution in [3.63, 3.8) is 0 Å². The number of nitrogens with zero attached hydrogens (tertiary/aromatic N) is 5. The van der Waals surface area contributed by atoms with Crippen LogP contribution in [0.5, 0.6) is 0 Å². The molecule has 0 aliphatic rings. The lowest BCUT2D eigenvalue weighted by atomic mass is 10.3. The first-order chi connectivity index (χ1) is 11.1. The minimum Gasteiger partial charge on any atom is -0.343 e. The van der Waals surface area contributed by atoms with E-state index in [2.05, 4.69) is 19.9 Å². The van der Waals surface area contributed by atoms with Gasteiger partial charge in [-0.05, 0) is 19.1 Å². The molecule has 0 radical (unpaired) electrons. The summed E-state index contributed by atoms with van der Waals surface area (Å²) in [6, 6.07) is 9.51. The van der Waals surface area contributed by atoms with Crippen molar-refractivity contribution >= 4 is 17.3 Å². The first kappa shape index (κ1) is 14.6. The molecule has 0 bridgehead atoms. The average Bonchev–Trinajstić information content (AvgIpc) is 3.00. The normalized spacial score (nSPS) is 10.5. The minimum absolute atomic E-state index is 0.163. The molecule has 2 aromatic heterocycles. The third-order valence-corrected chi connectivity index (χ3v) is 3.33. The predicted octanol–water partition coefficient (Wildman–Crippen LogP) is 2.85. The van der Waals surface area contributed by atoms with Crippen molar-refractivity contribution in [2.75, 3.05) is 11.9 Å². The van der Waals surface area contributed by atoms with E-state index in [0.717, 1.165) is 11.4 Å². The molecule has 0 fully saturated rings. The Bertz CT molecular complexity index is 846. The standard InChI is InChI=1S/C15H14N6O2/c1-10-8-16-14(18-10)13-12(21(22)23)9-17-15(19-13)20(2)11-6-4-3-5-7-11/h3-9H,1-2H3,(H,16,18). The highest BCUT2D eigenvalue weighted by Crippen LogP contribution is 2.28. The quantitative estimate of drug-likeness (QED) is 0.587. The molecule has 0 aliphatic carbocycles. The number of hydrogen-bond acceptors (Lipinski definition) is 6. The van der Waals surface area contributed by atoms with Crippen LogP contribution in [0.1, 0.15) is 5.69 Å². The Labute approximate surface area is 132 Å². The summed E-state index contributed by atoms with van der Waals surface area (Å²) in [6.07, 6.45) is 2.87. The molecule has 1 N–H and O–H groups in total. The van der Waals surface area contributed by atoms with Crippen molar-refractivity contribution in [2.24, 2.45) is 0 Å². The molecule has 8 nitrogen and oxygen atoms in total. The van der Waals surface area contributed by atoms with Crippen molar-refractivity contribution in [1.29, 1.82) is 0 Å². The number of H-pyrrole nitrogens is 1. The van der Waals surface area contributed by atoms with Crippen LogP contribution < -0.4 is 4.90 Å².